The van der Waals surface area contributed by atoms with Crippen molar-refractivity contribution in [1.82, 2.24) is 20.5 Å². The molecule has 0 aliphatic carbocycles. The Morgan fingerprint density at radius 3 is 2.33 bits per heavy atom. The van der Waals surface area contributed by atoms with Crippen LogP contribution in [0, 0.1) is 0 Å². The molecule has 30 heavy (non-hydrogen) atoms. The molecule has 7 nitrogen and oxygen atoms in total. The fourth-order valence-electron chi connectivity index (χ4n) is 4.75. The van der Waals surface area contributed by atoms with Crippen molar-refractivity contribution < 1.29 is 10.2 Å². The van der Waals surface area contributed by atoms with Crippen molar-refractivity contribution in [2.75, 3.05) is 11.9 Å². The number of benzene rings is 1. The molecule has 0 saturated carbocycles. The van der Waals surface area contributed by atoms with Crippen LogP contribution >= 0.6 is 0 Å². The number of aromatic nitrogens is 3. The standard InChI is InChI=1S/C23H29N5O2/c1-22(2)11-15(12-23(3,4)27-22)28(5)21-7-6-18(25-26-21)17-9-14-8-16(29)13-24-19(14)10-20(17)30/h6-10,13,15,27,29-30H,11-12H2,1-5H3. The van der Waals surface area contributed by atoms with E-state index in [0.29, 0.717) is 22.8 Å². The van der Waals surface area contributed by atoms with Crippen LogP contribution in [-0.2, 0) is 0 Å². The normalized spacial score (nSPS) is 18.4. The Morgan fingerprint density at radius 2 is 1.70 bits per heavy atom. The van der Waals surface area contributed by atoms with Gasteiger partial charge in [-0.25, -0.2) is 0 Å². The second-order valence-electron chi connectivity index (χ2n) is 9.60. The SMILES string of the molecule is CN(c1ccc(-c2cc3cc(O)cnc3cc2O)nn1)C1CC(C)(C)NC(C)(C)C1. The minimum atomic E-state index is 0.0462. The Labute approximate surface area is 176 Å². The van der Waals surface area contributed by atoms with Crippen LogP contribution in [0.5, 0.6) is 11.5 Å². The van der Waals surface area contributed by atoms with E-state index in [0.717, 1.165) is 24.0 Å². The van der Waals surface area contributed by atoms with Crippen LogP contribution in [0.25, 0.3) is 22.2 Å². The van der Waals surface area contributed by atoms with Crippen LogP contribution in [0.15, 0.2) is 36.5 Å². The van der Waals surface area contributed by atoms with E-state index in [4.69, 9.17) is 0 Å². The van der Waals surface area contributed by atoms with E-state index in [9.17, 15) is 10.2 Å². The molecule has 0 bridgehead atoms. The molecular formula is C23H29N5O2. The third-order valence-corrected chi connectivity index (χ3v) is 5.79. The van der Waals surface area contributed by atoms with Gasteiger partial charge in [-0.1, -0.05) is 0 Å². The molecule has 0 unspecified atom stereocenters. The van der Waals surface area contributed by atoms with Gasteiger partial charge in [0.15, 0.2) is 5.82 Å². The van der Waals surface area contributed by atoms with E-state index < -0.39 is 0 Å². The predicted molar refractivity (Wildman–Crippen MR) is 119 cm³/mol. The highest BCUT2D eigenvalue weighted by Crippen LogP contribution is 2.35. The van der Waals surface area contributed by atoms with Gasteiger partial charge in [0, 0.05) is 41.2 Å². The first kappa shape index (κ1) is 20.3. The van der Waals surface area contributed by atoms with E-state index in [-0.39, 0.29) is 22.6 Å². The maximum absolute atomic E-state index is 10.4. The third kappa shape index (κ3) is 4.03. The molecule has 3 aromatic rings. The number of phenols is 1. The fourth-order valence-corrected chi connectivity index (χ4v) is 4.75. The molecule has 3 N–H and O–H groups in total. The molecule has 0 amide bonds. The molecule has 7 heteroatoms. The van der Waals surface area contributed by atoms with Crippen LogP contribution in [-0.4, -0.2) is 49.6 Å². The predicted octanol–water partition coefficient (Wildman–Crippen LogP) is 3.85. The van der Waals surface area contributed by atoms with Crippen molar-refractivity contribution in [2.24, 2.45) is 0 Å². The molecule has 2 aromatic heterocycles. The summed E-state index contributed by atoms with van der Waals surface area (Å²) in [6, 6.07) is 9.11. The van der Waals surface area contributed by atoms with E-state index in [1.54, 1.807) is 18.2 Å². The lowest BCUT2D eigenvalue weighted by atomic mass is 9.79. The van der Waals surface area contributed by atoms with Crippen LogP contribution in [0.2, 0.25) is 0 Å². The van der Waals surface area contributed by atoms with Gasteiger partial charge >= 0.3 is 0 Å². The Hall–Kier alpha value is -2.93. The van der Waals surface area contributed by atoms with Crippen molar-refractivity contribution >= 4 is 16.7 Å². The van der Waals surface area contributed by atoms with Gasteiger partial charge < -0.3 is 20.4 Å². The van der Waals surface area contributed by atoms with Gasteiger partial charge in [-0.05, 0) is 64.8 Å². The summed E-state index contributed by atoms with van der Waals surface area (Å²) < 4.78 is 0. The first-order chi connectivity index (χ1) is 14.0. The molecule has 0 atom stereocenters. The van der Waals surface area contributed by atoms with Gasteiger partial charge in [0.2, 0.25) is 0 Å². The van der Waals surface area contributed by atoms with Crippen molar-refractivity contribution in [3.8, 4) is 22.8 Å². The summed E-state index contributed by atoms with van der Waals surface area (Å²) >= 11 is 0. The first-order valence-corrected chi connectivity index (χ1v) is 10.2. The van der Waals surface area contributed by atoms with Gasteiger partial charge in [0.05, 0.1) is 17.4 Å². The Bertz CT molecular complexity index is 1060. The van der Waals surface area contributed by atoms with Crippen LogP contribution in [0.4, 0.5) is 5.82 Å². The Kier molecular flexibility index (Phi) is 4.81. The van der Waals surface area contributed by atoms with Crippen molar-refractivity contribution in [3.05, 3.63) is 36.5 Å². The number of aromatic hydroxyl groups is 2. The maximum Gasteiger partial charge on any atom is 0.151 e. The summed E-state index contributed by atoms with van der Waals surface area (Å²) in [6.45, 7) is 8.94. The number of anilines is 1. The molecule has 4 rings (SSSR count). The zero-order valence-electron chi connectivity index (χ0n) is 18.1. The van der Waals surface area contributed by atoms with Gasteiger partial charge in [-0.15, -0.1) is 10.2 Å². The number of piperidine rings is 1. The lowest BCUT2D eigenvalue weighted by Gasteiger charge is -2.49. The number of nitrogens with zero attached hydrogens (tertiary/aromatic N) is 4. The highest BCUT2D eigenvalue weighted by Gasteiger charge is 2.39. The smallest absolute Gasteiger partial charge is 0.151 e. The molecule has 158 valence electrons. The molecule has 3 heterocycles. The minimum absolute atomic E-state index is 0.0462. The van der Waals surface area contributed by atoms with E-state index in [1.165, 1.54) is 6.20 Å². The second-order valence-corrected chi connectivity index (χ2v) is 9.60. The number of nitrogens with one attached hydrogen (secondary N) is 1. The number of phenolic OH excluding ortho intramolecular Hbond substituents is 1. The molecule has 1 aliphatic heterocycles. The van der Waals surface area contributed by atoms with Crippen LogP contribution < -0.4 is 10.2 Å². The van der Waals surface area contributed by atoms with Gasteiger partial charge in [0.25, 0.3) is 0 Å². The van der Waals surface area contributed by atoms with E-state index in [2.05, 4.69) is 60.1 Å². The molecule has 1 aromatic carbocycles. The zero-order valence-corrected chi connectivity index (χ0v) is 18.1. The molecule has 0 radical (unpaired) electrons. The first-order valence-electron chi connectivity index (χ1n) is 10.2. The minimum Gasteiger partial charge on any atom is -0.507 e. The number of fused-ring (bicyclic) bond motifs is 1. The van der Waals surface area contributed by atoms with Crippen molar-refractivity contribution in [1.29, 1.82) is 0 Å². The van der Waals surface area contributed by atoms with Crippen molar-refractivity contribution in [3.63, 3.8) is 0 Å². The lowest BCUT2D eigenvalue weighted by molar-refractivity contribution is 0.160. The molecule has 0 spiro atoms. The highest BCUT2D eigenvalue weighted by molar-refractivity contribution is 5.88. The van der Waals surface area contributed by atoms with Gasteiger partial charge in [0.1, 0.15) is 11.5 Å². The number of hydrogen-bond donors (Lipinski definition) is 3. The highest BCUT2D eigenvalue weighted by atomic mass is 16.3. The molecule has 1 saturated heterocycles. The van der Waals surface area contributed by atoms with E-state index in [1.807, 2.05) is 12.1 Å². The number of pyridine rings is 1. The summed E-state index contributed by atoms with van der Waals surface area (Å²) in [4.78, 5) is 6.33. The average Bonchev–Trinajstić information content (AvgIpc) is 2.65. The quantitative estimate of drug-likeness (QED) is 0.607. The Balaban J connectivity index is 1.61. The lowest BCUT2D eigenvalue weighted by Crippen LogP contribution is -2.62. The summed E-state index contributed by atoms with van der Waals surface area (Å²) in [5.41, 5.74) is 1.82. The summed E-state index contributed by atoms with van der Waals surface area (Å²) in [5.74, 6) is 0.963. The summed E-state index contributed by atoms with van der Waals surface area (Å²) in [7, 11) is 2.06. The number of rotatable bonds is 3. The van der Waals surface area contributed by atoms with Crippen LogP contribution in [0.3, 0.4) is 0 Å². The fraction of sp³-hybridized carbons (Fsp3) is 0.435. The number of hydrogen-bond acceptors (Lipinski definition) is 7. The molecular weight excluding hydrogens is 378 g/mol. The largest absolute Gasteiger partial charge is 0.507 e. The third-order valence-electron chi connectivity index (χ3n) is 5.79. The maximum atomic E-state index is 10.4. The summed E-state index contributed by atoms with van der Waals surface area (Å²) in [6.07, 6.45) is 3.38. The zero-order chi connectivity index (χ0) is 21.7. The van der Waals surface area contributed by atoms with Crippen molar-refractivity contribution in [2.45, 2.75) is 57.7 Å². The molecule has 1 fully saturated rings. The topological polar surface area (TPSA) is 94.4 Å². The van der Waals surface area contributed by atoms with Gasteiger partial charge in [-0.3, -0.25) is 4.98 Å². The van der Waals surface area contributed by atoms with E-state index >= 15 is 0 Å². The summed E-state index contributed by atoms with van der Waals surface area (Å²) in [5, 5.41) is 33.4. The van der Waals surface area contributed by atoms with Crippen LogP contribution in [0.1, 0.15) is 40.5 Å². The average molecular weight is 408 g/mol. The second kappa shape index (κ2) is 7.09. The monoisotopic (exact) mass is 407 g/mol. The Morgan fingerprint density at radius 1 is 1.00 bits per heavy atom. The molecule has 1 aliphatic rings. The van der Waals surface area contributed by atoms with Gasteiger partial charge in [-0.2, -0.15) is 0 Å².